The Kier molecular flexibility index (Phi) is 2.63. The second-order valence-corrected chi connectivity index (χ2v) is 3.80. The third-order valence-corrected chi connectivity index (χ3v) is 3.00. The molecule has 0 unspecified atom stereocenters. The van der Waals surface area contributed by atoms with Gasteiger partial charge in [-0.1, -0.05) is 6.42 Å². The zero-order chi connectivity index (χ0) is 8.39. The number of aliphatic hydroxyl groups excluding tert-OH is 1. The Morgan fingerprint density at radius 1 is 1.33 bits per heavy atom. The summed E-state index contributed by atoms with van der Waals surface area (Å²) in [7, 11) is 0. The number of morpholine rings is 1. The summed E-state index contributed by atoms with van der Waals surface area (Å²) in [4.78, 5) is 0. The summed E-state index contributed by atoms with van der Waals surface area (Å²) < 4.78 is 5.37. The van der Waals surface area contributed by atoms with Crippen LogP contribution in [0.4, 0.5) is 0 Å². The average molecular weight is 171 g/mol. The number of nitrogens with one attached hydrogen (secondary N) is 1. The lowest BCUT2D eigenvalue weighted by Crippen LogP contribution is -2.48. The summed E-state index contributed by atoms with van der Waals surface area (Å²) >= 11 is 0. The Morgan fingerprint density at radius 2 is 2.25 bits per heavy atom. The second-order valence-electron chi connectivity index (χ2n) is 3.80. The van der Waals surface area contributed by atoms with E-state index in [0.717, 1.165) is 32.6 Å². The molecule has 0 spiro atoms. The van der Waals surface area contributed by atoms with Gasteiger partial charge in [0.25, 0.3) is 0 Å². The summed E-state index contributed by atoms with van der Waals surface area (Å²) in [6.45, 7) is 2.54. The summed E-state index contributed by atoms with van der Waals surface area (Å²) in [6.07, 6.45) is 3.21. The smallest absolute Gasteiger partial charge is 0.0623 e. The molecule has 2 N–H and O–H groups in total. The first kappa shape index (κ1) is 8.48. The van der Waals surface area contributed by atoms with E-state index in [2.05, 4.69) is 5.32 Å². The van der Waals surface area contributed by atoms with Gasteiger partial charge < -0.3 is 15.2 Å². The van der Waals surface area contributed by atoms with Gasteiger partial charge in [-0.2, -0.15) is 0 Å². The van der Waals surface area contributed by atoms with Crippen molar-refractivity contribution in [2.24, 2.45) is 5.92 Å². The molecule has 0 bridgehead atoms. The van der Waals surface area contributed by atoms with Gasteiger partial charge >= 0.3 is 0 Å². The van der Waals surface area contributed by atoms with Crippen LogP contribution in [0, 0.1) is 5.92 Å². The molecule has 3 heteroatoms. The minimum absolute atomic E-state index is 0.0933. The molecule has 1 saturated heterocycles. The van der Waals surface area contributed by atoms with E-state index in [4.69, 9.17) is 4.74 Å². The molecule has 12 heavy (non-hydrogen) atoms. The average Bonchev–Trinajstić information content (AvgIpc) is 2.53. The lowest BCUT2D eigenvalue weighted by Gasteiger charge is -2.30. The van der Waals surface area contributed by atoms with Crippen molar-refractivity contribution in [2.45, 2.75) is 31.4 Å². The standard InChI is InChI=1S/C9H17NO2/c11-9-3-1-2-7(9)8-6-12-5-4-10-8/h7-11H,1-6H2/t7-,8-,9-/m1/s1. The topological polar surface area (TPSA) is 41.5 Å². The van der Waals surface area contributed by atoms with Gasteiger partial charge in [0.1, 0.15) is 0 Å². The predicted molar refractivity (Wildman–Crippen MR) is 46.0 cm³/mol. The molecule has 0 aromatic heterocycles. The van der Waals surface area contributed by atoms with E-state index in [1.807, 2.05) is 0 Å². The van der Waals surface area contributed by atoms with Gasteiger partial charge in [0.05, 0.1) is 19.3 Å². The van der Waals surface area contributed by atoms with Gasteiger partial charge in [-0.25, -0.2) is 0 Å². The maximum Gasteiger partial charge on any atom is 0.0623 e. The van der Waals surface area contributed by atoms with Crippen molar-refractivity contribution in [1.82, 2.24) is 5.32 Å². The maximum atomic E-state index is 9.65. The van der Waals surface area contributed by atoms with Crippen LogP contribution in [0.15, 0.2) is 0 Å². The lowest BCUT2D eigenvalue weighted by atomic mass is 9.96. The number of hydrogen-bond donors (Lipinski definition) is 2. The first-order valence-corrected chi connectivity index (χ1v) is 4.87. The molecule has 1 heterocycles. The van der Waals surface area contributed by atoms with Crippen LogP contribution in [-0.4, -0.2) is 37.0 Å². The zero-order valence-electron chi connectivity index (χ0n) is 7.33. The van der Waals surface area contributed by atoms with Crippen molar-refractivity contribution < 1.29 is 9.84 Å². The largest absolute Gasteiger partial charge is 0.393 e. The fraction of sp³-hybridized carbons (Fsp3) is 1.00. The third-order valence-electron chi connectivity index (χ3n) is 3.00. The van der Waals surface area contributed by atoms with Crippen LogP contribution >= 0.6 is 0 Å². The minimum atomic E-state index is -0.0933. The number of ether oxygens (including phenoxy) is 1. The molecule has 3 nitrogen and oxygen atoms in total. The molecule has 2 fully saturated rings. The molecule has 0 radical (unpaired) electrons. The van der Waals surface area contributed by atoms with Crippen molar-refractivity contribution in [3.63, 3.8) is 0 Å². The van der Waals surface area contributed by atoms with Gasteiger partial charge in [0.15, 0.2) is 0 Å². The minimum Gasteiger partial charge on any atom is -0.393 e. The molecular weight excluding hydrogens is 154 g/mol. The van der Waals surface area contributed by atoms with Crippen molar-refractivity contribution in [2.75, 3.05) is 19.8 Å². The van der Waals surface area contributed by atoms with Crippen LogP contribution in [-0.2, 0) is 4.74 Å². The van der Waals surface area contributed by atoms with E-state index >= 15 is 0 Å². The van der Waals surface area contributed by atoms with Crippen molar-refractivity contribution in [3.8, 4) is 0 Å². The van der Waals surface area contributed by atoms with E-state index in [1.165, 1.54) is 6.42 Å². The Morgan fingerprint density at radius 3 is 2.83 bits per heavy atom. The summed E-state index contributed by atoms with van der Waals surface area (Å²) in [5.41, 5.74) is 0. The highest BCUT2D eigenvalue weighted by molar-refractivity contribution is 4.87. The number of hydrogen-bond acceptors (Lipinski definition) is 3. The van der Waals surface area contributed by atoms with Crippen LogP contribution in [0.3, 0.4) is 0 Å². The SMILES string of the molecule is O[C@@H]1CCC[C@@H]1[C@H]1COCCN1. The van der Waals surface area contributed by atoms with Gasteiger partial charge in [-0.15, -0.1) is 0 Å². The van der Waals surface area contributed by atoms with Crippen molar-refractivity contribution in [1.29, 1.82) is 0 Å². The summed E-state index contributed by atoms with van der Waals surface area (Å²) in [6, 6.07) is 0.399. The number of rotatable bonds is 1. The second kappa shape index (κ2) is 3.73. The molecule has 1 saturated carbocycles. The van der Waals surface area contributed by atoms with Crippen molar-refractivity contribution >= 4 is 0 Å². The molecule has 2 rings (SSSR count). The van der Waals surface area contributed by atoms with Gasteiger partial charge in [-0.3, -0.25) is 0 Å². The van der Waals surface area contributed by atoms with E-state index < -0.39 is 0 Å². The first-order chi connectivity index (χ1) is 5.88. The van der Waals surface area contributed by atoms with Gasteiger partial charge in [0.2, 0.25) is 0 Å². The Bertz CT molecular complexity index is 145. The first-order valence-electron chi connectivity index (χ1n) is 4.87. The third kappa shape index (κ3) is 1.63. The molecule has 0 amide bonds. The molecule has 2 aliphatic rings. The van der Waals surface area contributed by atoms with E-state index in [0.29, 0.717) is 12.0 Å². The fourth-order valence-corrected chi connectivity index (χ4v) is 2.30. The van der Waals surface area contributed by atoms with E-state index in [1.54, 1.807) is 0 Å². The van der Waals surface area contributed by atoms with Crippen LogP contribution in [0.2, 0.25) is 0 Å². The highest BCUT2D eigenvalue weighted by atomic mass is 16.5. The summed E-state index contributed by atoms with van der Waals surface area (Å²) in [5.74, 6) is 0.435. The van der Waals surface area contributed by atoms with Gasteiger partial charge in [-0.05, 0) is 12.8 Å². The molecule has 0 aromatic carbocycles. The lowest BCUT2D eigenvalue weighted by molar-refractivity contribution is 0.0254. The zero-order valence-corrected chi connectivity index (χ0v) is 7.33. The van der Waals surface area contributed by atoms with Crippen LogP contribution in [0.5, 0.6) is 0 Å². The fourth-order valence-electron chi connectivity index (χ4n) is 2.30. The molecule has 3 atom stereocenters. The van der Waals surface area contributed by atoms with E-state index in [-0.39, 0.29) is 6.10 Å². The molecule has 1 aliphatic heterocycles. The van der Waals surface area contributed by atoms with E-state index in [9.17, 15) is 5.11 Å². The normalized spacial score (nSPS) is 43.2. The molecule has 0 aromatic rings. The Hall–Kier alpha value is -0.120. The maximum absolute atomic E-state index is 9.65. The highest BCUT2D eigenvalue weighted by Crippen LogP contribution is 2.28. The van der Waals surface area contributed by atoms with Crippen LogP contribution in [0.25, 0.3) is 0 Å². The summed E-state index contributed by atoms with van der Waals surface area (Å²) in [5, 5.41) is 13.1. The molecule has 70 valence electrons. The Balaban J connectivity index is 1.89. The molecule has 1 aliphatic carbocycles. The van der Waals surface area contributed by atoms with Crippen LogP contribution in [0.1, 0.15) is 19.3 Å². The molecular formula is C9H17NO2. The highest BCUT2D eigenvalue weighted by Gasteiger charge is 2.33. The Labute approximate surface area is 73.1 Å². The quantitative estimate of drug-likeness (QED) is 0.589. The van der Waals surface area contributed by atoms with Crippen molar-refractivity contribution in [3.05, 3.63) is 0 Å². The van der Waals surface area contributed by atoms with Gasteiger partial charge in [0, 0.05) is 18.5 Å². The number of aliphatic hydroxyl groups is 1. The van der Waals surface area contributed by atoms with Crippen LogP contribution < -0.4 is 5.32 Å². The monoisotopic (exact) mass is 171 g/mol. The predicted octanol–water partition coefficient (Wildman–Crippen LogP) is 0.136.